The zero-order valence-electron chi connectivity index (χ0n) is 11.4. The van der Waals surface area contributed by atoms with Crippen LogP contribution in [0.2, 0.25) is 0 Å². The lowest BCUT2D eigenvalue weighted by Gasteiger charge is -2.19. The molecular formula is C12H15FN2O5. The number of benzene rings is 1. The number of halogens is 1. The first-order valence-corrected chi connectivity index (χ1v) is 5.72. The number of rotatable bonds is 6. The third kappa shape index (κ3) is 3.64. The smallest absolute Gasteiger partial charge is 0.307 e. The molecule has 1 rings (SSSR count). The third-order valence-corrected chi connectivity index (χ3v) is 2.60. The van der Waals surface area contributed by atoms with Gasteiger partial charge in [-0.05, 0) is 0 Å². The molecule has 0 fully saturated rings. The maximum atomic E-state index is 13.6. The highest BCUT2D eigenvalue weighted by Gasteiger charge is 2.22. The number of carbonyl (C=O) groups excluding carboxylic acids is 1. The molecule has 0 aliphatic carbocycles. The number of nitro groups is 1. The molecule has 110 valence electrons. The quantitative estimate of drug-likeness (QED) is 0.452. The number of hydrogen-bond acceptors (Lipinski definition) is 5. The molecule has 0 radical (unpaired) electrons. The minimum atomic E-state index is -1.02. The molecule has 0 heterocycles. The van der Waals surface area contributed by atoms with Crippen molar-refractivity contribution in [3.63, 3.8) is 0 Å². The molecule has 0 atom stereocenters. The van der Waals surface area contributed by atoms with Crippen LogP contribution >= 0.6 is 0 Å². The zero-order valence-corrected chi connectivity index (χ0v) is 11.4. The fraction of sp³-hybridized carbons (Fsp3) is 0.417. The number of carbonyl (C=O) groups is 1. The Hall–Kier alpha value is -2.22. The molecule has 0 aromatic heterocycles. The molecule has 20 heavy (non-hydrogen) atoms. The van der Waals surface area contributed by atoms with Gasteiger partial charge < -0.3 is 14.4 Å². The van der Waals surface area contributed by atoms with Crippen LogP contribution in [0, 0.1) is 15.9 Å². The first kappa shape index (κ1) is 15.8. The Morgan fingerprint density at radius 2 is 2.10 bits per heavy atom. The lowest BCUT2D eigenvalue weighted by Crippen LogP contribution is -2.24. The number of anilines is 1. The Labute approximate surface area is 115 Å². The molecular weight excluding hydrogens is 271 g/mol. The summed E-state index contributed by atoms with van der Waals surface area (Å²) in [6.07, 6.45) is 0. The van der Waals surface area contributed by atoms with Crippen LogP contribution in [-0.2, 0) is 9.53 Å². The molecule has 1 amide bonds. The number of amides is 1. The first-order chi connectivity index (χ1) is 9.38. The van der Waals surface area contributed by atoms with Gasteiger partial charge in [0.1, 0.15) is 12.4 Å². The van der Waals surface area contributed by atoms with Crippen LogP contribution in [0.4, 0.5) is 15.8 Å². The number of ether oxygens (including phenoxy) is 2. The maximum absolute atomic E-state index is 13.6. The molecule has 0 spiro atoms. The average molecular weight is 286 g/mol. The van der Waals surface area contributed by atoms with Crippen LogP contribution in [0.3, 0.4) is 0 Å². The fourth-order valence-electron chi connectivity index (χ4n) is 1.45. The summed E-state index contributed by atoms with van der Waals surface area (Å²) in [5.41, 5.74) is -0.589. The summed E-state index contributed by atoms with van der Waals surface area (Å²) < 4.78 is 23.7. The second-order valence-electron chi connectivity index (χ2n) is 3.95. The molecule has 0 bridgehead atoms. The highest BCUT2D eigenvalue weighted by molar-refractivity contribution is 5.93. The Morgan fingerprint density at radius 3 is 2.60 bits per heavy atom. The molecule has 7 nitrogen and oxygen atoms in total. The van der Waals surface area contributed by atoms with E-state index in [4.69, 9.17) is 9.47 Å². The zero-order chi connectivity index (χ0) is 15.3. The lowest BCUT2D eigenvalue weighted by molar-refractivity contribution is -0.387. The van der Waals surface area contributed by atoms with E-state index in [2.05, 4.69) is 0 Å². The number of hydrogen-bond donors (Lipinski definition) is 0. The number of methoxy groups -OCH3 is 1. The van der Waals surface area contributed by atoms with Crippen molar-refractivity contribution in [2.75, 3.05) is 32.3 Å². The molecule has 0 unspecified atom stereocenters. The summed E-state index contributed by atoms with van der Waals surface area (Å²) in [6, 6.07) is 1.86. The van der Waals surface area contributed by atoms with Crippen LogP contribution in [0.25, 0.3) is 0 Å². The predicted octanol–water partition coefficient (Wildman–Crippen LogP) is 1.74. The summed E-state index contributed by atoms with van der Waals surface area (Å²) in [5, 5.41) is 10.7. The van der Waals surface area contributed by atoms with Crippen LogP contribution < -0.4 is 9.64 Å². The average Bonchev–Trinajstić information content (AvgIpc) is 2.37. The Bertz CT molecular complexity index is 521. The van der Waals surface area contributed by atoms with Gasteiger partial charge in [-0.3, -0.25) is 14.9 Å². The SMILES string of the molecule is COCCOc1cc(F)c([N+](=O)[O-])cc1N(C)C(C)=O. The highest BCUT2D eigenvalue weighted by atomic mass is 19.1. The van der Waals surface area contributed by atoms with E-state index in [0.29, 0.717) is 0 Å². The van der Waals surface area contributed by atoms with Crippen molar-refractivity contribution in [1.29, 1.82) is 0 Å². The molecule has 0 aliphatic rings. The van der Waals surface area contributed by atoms with Crippen molar-refractivity contribution in [1.82, 2.24) is 0 Å². The van der Waals surface area contributed by atoms with Crippen LogP contribution in [0.15, 0.2) is 12.1 Å². The van der Waals surface area contributed by atoms with Crippen molar-refractivity contribution >= 4 is 17.3 Å². The van der Waals surface area contributed by atoms with Crippen molar-refractivity contribution in [3.05, 3.63) is 28.1 Å². The van der Waals surface area contributed by atoms with Gasteiger partial charge in [0.25, 0.3) is 0 Å². The Kier molecular flexibility index (Phi) is 5.39. The van der Waals surface area contributed by atoms with Gasteiger partial charge in [-0.1, -0.05) is 0 Å². The van der Waals surface area contributed by atoms with Crippen molar-refractivity contribution in [3.8, 4) is 5.75 Å². The second-order valence-corrected chi connectivity index (χ2v) is 3.95. The van der Waals surface area contributed by atoms with Crippen LogP contribution in [-0.4, -0.2) is 38.2 Å². The van der Waals surface area contributed by atoms with Crippen molar-refractivity contribution in [2.45, 2.75) is 6.92 Å². The van der Waals surface area contributed by atoms with E-state index >= 15 is 0 Å². The van der Waals surface area contributed by atoms with E-state index in [1.165, 1.54) is 21.1 Å². The topological polar surface area (TPSA) is 81.9 Å². The van der Waals surface area contributed by atoms with Crippen molar-refractivity contribution < 1.29 is 23.6 Å². The summed E-state index contributed by atoms with van der Waals surface area (Å²) in [5.74, 6) is -1.34. The normalized spacial score (nSPS) is 10.2. The molecule has 0 saturated carbocycles. The monoisotopic (exact) mass is 286 g/mol. The summed E-state index contributed by atoms with van der Waals surface area (Å²) in [7, 11) is 2.89. The van der Waals surface area contributed by atoms with Gasteiger partial charge in [0.05, 0.1) is 17.2 Å². The van der Waals surface area contributed by atoms with Gasteiger partial charge in [-0.15, -0.1) is 0 Å². The van der Waals surface area contributed by atoms with E-state index in [9.17, 15) is 19.3 Å². The second kappa shape index (κ2) is 6.80. The molecule has 0 N–H and O–H groups in total. The minimum Gasteiger partial charge on any atom is -0.489 e. The van der Waals surface area contributed by atoms with Gasteiger partial charge in [0.15, 0.2) is 0 Å². The summed E-state index contributed by atoms with van der Waals surface area (Å²) >= 11 is 0. The van der Waals surface area contributed by atoms with E-state index < -0.39 is 16.4 Å². The Morgan fingerprint density at radius 1 is 1.45 bits per heavy atom. The number of nitro benzene ring substituents is 1. The van der Waals surface area contributed by atoms with Gasteiger partial charge >= 0.3 is 5.69 Å². The van der Waals surface area contributed by atoms with Crippen LogP contribution in [0.5, 0.6) is 5.75 Å². The van der Waals surface area contributed by atoms with Gasteiger partial charge in [-0.2, -0.15) is 4.39 Å². The largest absolute Gasteiger partial charge is 0.489 e. The molecule has 1 aromatic rings. The standard InChI is InChI=1S/C12H15FN2O5/c1-8(16)14(2)11-7-10(15(17)18)9(13)6-12(11)20-5-4-19-3/h6-7H,4-5H2,1-3H3. The molecule has 0 saturated heterocycles. The van der Waals surface area contributed by atoms with Crippen LogP contribution in [0.1, 0.15) is 6.92 Å². The third-order valence-electron chi connectivity index (χ3n) is 2.60. The fourth-order valence-corrected chi connectivity index (χ4v) is 1.45. The number of nitrogens with zero attached hydrogens (tertiary/aromatic N) is 2. The van der Waals surface area contributed by atoms with Gasteiger partial charge in [-0.25, -0.2) is 0 Å². The lowest BCUT2D eigenvalue weighted by atomic mass is 10.2. The van der Waals surface area contributed by atoms with E-state index in [1.54, 1.807) is 0 Å². The minimum absolute atomic E-state index is 0.0443. The highest BCUT2D eigenvalue weighted by Crippen LogP contribution is 2.34. The molecule has 1 aromatic carbocycles. The van der Waals surface area contributed by atoms with Gasteiger partial charge in [0, 0.05) is 33.2 Å². The summed E-state index contributed by atoms with van der Waals surface area (Å²) in [6.45, 7) is 1.68. The predicted molar refractivity (Wildman–Crippen MR) is 69.5 cm³/mol. The molecule has 0 aliphatic heterocycles. The van der Waals surface area contributed by atoms with E-state index in [1.807, 2.05) is 0 Å². The maximum Gasteiger partial charge on any atom is 0.307 e. The summed E-state index contributed by atoms with van der Waals surface area (Å²) in [4.78, 5) is 22.4. The van der Waals surface area contributed by atoms with Crippen molar-refractivity contribution in [2.24, 2.45) is 0 Å². The first-order valence-electron chi connectivity index (χ1n) is 5.72. The van der Waals surface area contributed by atoms with E-state index in [0.717, 1.165) is 17.0 Å². The van der Waals surface area contributed by atoms with Gasteiger partial charge in [0.2, 0.25) is 11.7 Å². The Balaban J connectivity index is 3.22. The van der Waals surface area contributed by atoms with E-state index in [-0.39, 0.29) is 30.6 Å². The molecule has 8 heteroatoms.